The third kappa shape index (κ3) is 3.13. The van der Waals surface area contributed by atoms with Crippen LogP contribution in [0, 0.1) is 11.6 Å². The maximum Gasteiger partial charge on any atom is 0.132 e. The van der Waals surface area contributed by atoms with Crippen LogP contribution >= 0.6 is 0 Å². The van der Waals surface area contributed by atoms with E-state index in [1.54, 1.807) is 12.1 Å². The van der Waals surface area contributed by atoms with E-state index in [0.717, 1.165) is 12.1 Å². The first-order valence-electron chi connectivity index (χ1n) is 9.72. The molecule has 0 saturated heterocycles. The van der Waals surface area contributed by atoms with Crippen molar-refractivity contribution in [3.05, 3.63) is 84.4 Å². The lowest BCUT2D eigenvalue weighted by Crippen LogP contribution is -1.96. The fraction of sp³-hybridized carbons (Fsp3) is 0. The molecular weight excluding hydrogens is 414 g/mol. The average Bonchev–Trinajstić information content (AvgIpc) is 2.74. The Morgan fingerprint density at radius 3 is 1.25 bits per heavy atom. The molecule has 0 fully saturated rings. The second kappa shape index (κ2) is 7.13. The van der Waals surface area contributed by atoms with Crippen molar-refractivity contribution < 1.29 is 29.2 Å². The van der Waals surface area contributed by atoms with E-state index in [9.17, 15) is 20.4 Å². The Hall–Kier alpha value is -4.32. The summed E-state index contributed by atoms with van der Waals surface area (Å²) < 4.78 is 30.2. The van der Waals surface area contributed by atoms with Gasteiger partial charge in [-0.05, 0) is 82.2 Å². The number of benzene rings is 5. The molecule has 0 spiro atoms. The molecule has 5 rings (SSSR count). The molecule has 5 aromatic rings. The Labute approximate surface area is 180 Å². The normalized spacial score (nSPS) is 11.3. The lowest BCUT2D eigenvalue weighted by molar-refractivity contribution is 0.473. The number of fused-ring (bicyclic) bond motifs is 2. The molecule has 0 aliphatic heterocycles. The Bertz CT molecular complexity index is 1430. The highest BCUT2D eigenvalue weighted by molar-refractivity contribution is 5.98. The van der Waals surface area contributed by atoms with Gasteiger partial charge in [0.25, 0.3) is 0 Å². The fourth-order valence-corrected chi connectivity index (χ4v) is 4.03. The van der Waals surface area contributed by atoms with Crippen molar-refractivity contribution in [3.8, 4) is 45.3 Å². The van der Waals surface area contributed by atoms with Crippen molar-refractivity contribution >= 4 is 21.5 Å². The highest BCUT2D eigenvalue weighted by Crippen LogP contribution is 2.45. The Morgan fingerprint density at radius 1 is 0.438 bits per heavy atom. The zero-order valence-electron chi connectivity index (χ0n) is 16.5. The third-order valence-electron chi connectivity index (χ3n) is 5.52. The third-order valence-corrected chi connectivity index (χ3v) is 5.52. The van der Waals surface area contributed by atoms with E-state index in [2.05, 4.69) is 0 Å². The van der Waals surface area contributed by atoms with E-state index < -0.39 is 11.6 Å². The predicted molar refractivity (Wildman–Crippen MR) is 119 cm³/mol. The largest absolute Gasteiger partial charge is 0.508 e. The molecule has 0 atom stereocenters. The highest BCUT2D eigenvalue weighted by atomic mass is 19.1. The summed E-state index contributed by atoms with van der Waals surface area (Å²) >= 11 is 0. The molecule has 6 heteroatoms. The Balaban J connectivity index is 1.83. The van der Waals surface area contributed by atoms with Crippen molar-refractivity contribution in [2.24, 2.45) is 0 Å². The number of halogens is 2. The average molecular weight is 430 g/mol. The molecule has 0 aliphatic rings. The fourth-order valence-electron chi connectivity index (χ4n) is 4.03. The lowest BCUT2D eigenvalue weighted by Gasteiger charge is -2.16. The zero-order chi connectivity index (χ0) is 22.6. The van der Waals surface area contributed by atoms with Crippen LogP contribution in [0.25, 0.3) is 43.8 Å². The van der Waals surface area contributed by atoms with Gasteiger partial charge in [0.05, 0.1) is 0 Å². The minimum atomic E-state index is -0.778. The second-order valence-electron chi connectivity index (χ2n) is 7.58. The van der Waals surface area contributed by atoms with Crippen LogP contribution in [0.3, 0.4) is 0 Å². The van der Waals surface area contributed by atoms with Crippen molar-refractivity contribution in [1.82, 2.24) is 0 Å². The maximum atomic E-state index is 15.1. The highest BCUT2D eigenvalue weighted by Gasteiger charge is 2.23. The molecule has 0 heterocycles. The first-order valence-corrected chi connectivity index (χ1v) is 9.72. The van der Waals surface area contributed by atoms with Crippen molar-refractivity contribution in [1.29, 1.82) is 0 Å². The molecular formula is C26H16F2O4. The van der Waals surface area contributed by atoms with Gasteiger partial charge in [0.1, 0.15) is 34.6 Å². The van der Waals surface area contributed by atoms with Gasteiger partial charge < -0.3 is 20.4 Å². The van der Waals surface area contributed by atoms with Crippen LogP contribution < -0.4 is 0 Å². The number of phenols is 4. The molecule has 0 aliphatic carbocycles. The Kier molecular flexibility index (Phi) is 4.37. The van der Waals surface area contributed by atoms with Gasteiger partial charge in [-0.25, -0.2) is 8.78 Å². The van der Waals surface area contributed by atoms with E-state index in [0.29, 0.717) is 21.5 Å². The first kappa shape index (κ1) is 19.6. The molecule has 0 saturated carbocycles. The number of phenolic OH excluding ortho intramolecular Hbond substituents is 4. The molecule has 0 aromatic heterocycles. The van der Waals surface area contributed by atoms with Gasteiger partial charge in [0.15, 0.2) is 0 Å². The van der Waals surface area contributed by atoms with Crippen molar-refractivity contribution in [3.63, 3.8) is 0 Å². The summed E-state index contributed by atoms with van der Waals surface area (Å²) in [5.74, 6) is -2.15. The van der Waals surface area contributed by atoms with Gasteiger partial charge in [-0.2, -0.15) is 0 Å². The minimum Gasteiger partial charge on any atom is -0.508 e. The molecule has 5 aromatic carbocycles. The molecule has 0 bridgehead atoms. The molecule has 4 N–H and O–H groups in total. The summed E-state index contributed by atoms with van der Waals surface area (Å²) in [5.41, 5.74) is -0.322. The van der Waals surface area contributed by atoms with Crippen molar-refractivity contribution in [2.45, 2.75) is 0 Å². The van der Waals surface area contributed by atoms with Crippen LogP contribution in [0.15, 0.2) is 72.8 Å². The summed E-state index contributed by atoms with van der Waals surface area (Å²) in [6, 6.07) is 16.7. The first-order chi connectivity index (χ1) is 15.3. The molecule has 158 valence electrons. The number of rotatable bonds is 2. The predicted octanol–water partition coefficient (Wildman–Crippen LogP) is 6.43. The van der Waals surface area contributed by atoms with E-state index in [4.69, 9.17) is 0 Å². The molecule has 32 heavy (non-hydrogen) atoms. The molecule has 0 radical (unpaired) electrons. The summed E-state index contributed by atoms with van der Waals surface area (Å²) in [4.78, 5) is 0. The van der Waals surface area contributed by atoms with Crippen molar-refractivity contribution in [2.75, 3.05) is 0 Å². The minimum absolute atomic E-state index is 0.00870. The van der Waals surface area contributed by atoms with Gasteiger partial charge in [-0.1, -0.05) is 12.1 Å². The van der Waals surface area contributed by atoms with E-state index in [1.807, 2.05) is 0 Å². The van der Waals surface area contributed by atoms with Crippen LogP contribution in [0.2, 0.25) is 0 Å². The van der Waals surface area contributed by atoms with Crippen LogP contribution in [0.5, 0.6) is 23.0 Å². The van der Waals surface area contributed by atoms with Gasteiger partial charge in [-0.15, -0.1) is 0 Å². The quantitative estimate of drug-likeness (QED) is 0.260. The van der Waals surface area contributed by atoms with E-state index in [1.165, 1.54) is 48.5 Å². The summed E-state index contributed by atoms with van der Waals surface area (Å²) in [6.45, 7) is 0. The maximum absolute atomic E-state index is 15.1. The number of hydrogen-bond donors (Lipinski definition) is 4. The number of hydrogen-bond acceptors (Lipinski definition) is 4. The summed E-state index contributed by atoms with van der Waals surface area (Å²) in [5, 5.41) is 42.9. The topological polar surface area (TPSA) is 80.9 Å². The standard InChI is InChI=1S/C26H16F2O4/c27-21-5-6-22(28)26(20-10-14-2-4-18(30)8-16(14)12-24(20)32)25(21)19-9-13-1-3-17(29)7-15(13)11-23(19)31/h1-12,29-32H. The molecule has 4 nitrogen and oxygen atoms in total. The molecule has 0 unspecified atom stereocenters. The van der Waals surface area contributed by atoms with Crippen LogP contribution in [-0.2, 0) is 0 Å². The lowest BCUT2D eigenvalue weighted by atomic mass is 9.90. The van der Waals surface area contributed by atoms with E-state index in [-0.39, 0.29) is 45.3 Å². The smallest absolute Gasteiger partial charge is 0.132 e. The number of aromatic hydroxyl groups is 4. The SMILES string of the molecule is Oc1ccc2cc(-c3c(F)ccc(F)c3-c3cc4ccc(O)cc4cc3O)c(O)cc2c1. The summed E-state index contributed by atoms with van der Waals surface area (Å²) in [7, 11) is 0. The van der Waals surface area contributed by atoms with Crippen LogP contribution in [0.1, 0.15) is 0 Å². The van der Waals surface area contributed by atoms with E-state index >= 15 is 8.78 Å². The van der Waals surface area contributed by atoms with Gasteiger partial charge >= 0.3 is 0 Å². The molecule has 0 amide bonds. The van der Waals surface area contributed by atoms with Crippen LogP contribution in [0.4, 0.5) is 8.78 Å². The van der Waals surface area contributed by atoms with Crippen LogP contribution in [-0.4, -0.2) is 20.4 Å². The monoisotopic (exact) mass is 430 g/mol. The van der Waals surface area contributed by atoms with Gasteiger partial charge in [0, 0.05) is 22.3 Å². The van der Waals surface area contributed by atoms with Gasteiger partial charge in [0.2, 0.25) is 0 Å². The summed E-state index contributed by atoms with van der Waals surface area (Å²) in [6.07, 6.45) is 0. The second-order valence-corrected chi connectivity index (χ2v) is 7.58. The Morgan fingerprint density at radius 2 is 0.844 bits per heavy atom. The zero-order valence-corrected chi connectivity index (χ0v) is 16.5. The van der Waals surface area contributed by atoms with Gasteiger partial charge in [-0.3, -0.25) is 0 Å².